The molecule has 4 atom stereocenters. The van der Waals surface area contributed by atoms with E-state index in [-0.39, 0.29) is 17.6 Å². The summed E-state index contributed by atoms with van der Waals surface area (Å²) in [5.74, 6) is 2.51. The molecule has 0 heterocycles. The van der Waals surface area contributed by atoms with Gasteiger partial charge in [-0.25, -0.2) is 8.78 Å². The minimum atomic E-state index is -0.337. The highest BCUT2D eigenvalue weighted by atomic mass is 19.1. The quantitative estimate of drug-likeness (QED) is 0.467. The second-order valence-electron chi connectivity index (χ2n) is 9.00. The highest BCUT2D eigenvalue weighted by Gasteiger charge is 2.36. The fraction of sp³-hybridized carbons (Fsp3) is 0.538. The third kappa shape index (κ3) is 4.34. The largest absolute Gasteiger partial charge is 0.489 e. The first kappa shape index (κ1) is 20.4. The molecule has 0 spiro atoms. The van der Waals surface area contributed by atoms with Gasteiger partial charge in [-0.2, -0.15) is 0 Å². The van der Waals surface area contributed by atoms with Gasteiger partial charge in [-0.15, -0.1) is 0 Å². The van der Waals surface area contributed by atoms with E-state index >= 15 is 4.39 Å². The van der Waals surface area contributed by atoms with Crippen LogP contribution in [-0.2, 0) is 0 Å². The number of fused-ring (bicyclic) bond motifs is 2. The zero-order valence-corrected chi connectivity index (χ0v) is 17.6. The van der Waals surface area contributed by atoms with E-state index in [0.717, 1.165) is 24.7 Å². The fourth-order valence-electron chi connectivity index (χ4n) is 5.61. The Labute approximate surface area is 173 Å². The molecule has 4 rings (SSSR count). The summed E-state index contributed by atoms with van der Waals surface area (Å²) in [6.45, 7) is 4.59. The first-order valence-electron chi connectivity index (χ1n) is 11.3. The van der Waals surface area contributed by atoms with Crippen LogP contribution in [0.4, 0.5) is 8.78 Å². The first-order chi connectivity index (χ1) is 14.1. The molecule has 0 radical (unpaired) electrons. The third-order valence-electron chi connectivity index (χ3n) is 7.31. The SMILES string of the molecule is C/C=C/COc1cc(F)c2cc([C@@H]3CC[C@@H]4CC(CC)CCC4C3)c(F)cc2c1. The van der Waals surface area contributed by atoms with Crippen LogP contribution in [0, 0.1) is 29.4 Å². The maximum absolute atomic E-state index is 15.0. The predicted octanol–water partition coefficient (Wildman–Crippen LogP) is 7.78. The number of benzene rings is 2. The molecule has 2 aromatic rings. The minimum absolute atomic E-state index is 0.201. The molecule has 0 amide bonds. The van der Waals surface area contributed by atoms with E-state index in [4.69, 9.17) is 4.74 Å². The Morgan fingerprint density at radius 1 is 0.966 bits per heavy atom. The van der Waals surface area contributed by atoms with Crippen molar-refractivity contribution in [3.05, 3.63) is 53.6 Å². The molecule has 0 bridgehead atoms. The van der Waals surface area contributed by atoms with Crippen LogP contribution >= 0.6 is 0 Å². The maximum atomic E-state index is 15.0. The van der Waals surface area contributed by atoms with Gasteiger partial charge in [0, 0.05) is 11.5 Å². The molecule has 0 saturated heterocycles. The van der Waals surface area contributed by atoms with Gasteiger partial charge in [0.25, 0.3) is 0 Å². The topological polar surface area (TPSA) is 9.23 Å². The standard InChI is InChI=1S/C26H32F2O/c1-3-5-10-29-22-13-21-14-25(27)23(16-24(21)26(28)15-22)20-9-8-18-11-17(4-2)6-7-19(18)12-20/h3,5,13-20H,4,6-12H2,1-2H3/b5-3+/t17?,18-,19?,20-/m1/s1. The lowest BCUT2D eigenvalue weighted by atomic mass is 9.63. The van der Waals surface area contributed by atoms with Gasteiger partial charge in [0.15, 0.2) is 0 Å². The Morgan fingerprint density at radius 3 is 2.55 bits per heavy atom. The fourth-order valence-corrected chi connectivity index (χ4v) is 5.61. The highest BCUT2D eigenvalue weighted by molar-refractivity contribution is 5.85. The molecular weight excluding hydrogens is 366 g/mol. The molecule has 1 nitrogen and oxygen atoms in total. The van der Waals surface area contributed by atoms with Gasteiger partial charge in [-0.3, -0.25) is 0 Å². The van der Waals surface area contributed by atoms with E-state index < -0.39 is 0 Å². The normalized spacial score (nSPS) is 27.3. The van der Waals surface area contributed by atoms with Gasteiger partial charge in [0.2, 0.25) is 0 Å². The number of halogens is 2. The molecule has 2 aromatic carbocycles. The Bertz CT molecular complexity index is 888. The Morgan fingerprint density at radius 2 is 1.76 bits per heavy atom. The molecular formula is C26H32F2O. The average molecular weight is 399 g/mol. The molecule has 3 heteroatoms. The van der Waals surface area contributed by atoms with Crippen LogP contribution in [0.2, 0.25) is 0 Å². The van der Waals surface area contributed by atoms with Gasteiger partial charge in [-0.05, 0) is 91.8 Å². The van der Waals surface area contributed by atoms with Crippen LogP contribution in [0.1, 0.15) is 70.3 Å². The highest BCUT2D eigenvalue weighted by Crippen LogP contribution is 2.48. The first-order valence-corrected chi connectivity index (χ1v) is 11.3. The number of hydrogen-bond donors (Lipinski definition) is 0. The summed E-state index contributed by atoms with van der Waals surface area (Å²) in [4.78, 5) is 0. The number of rotatable bonds is 5. The molecule has 2 unspecified atom stereocenters. The van der Waals surface area contributed by atoms with Crippen LogP contribution in [0.3, 0.4) is 0 Å². The molecule has 2 saturated carbocycles. The summed E-state index contributed by atoms with van der Waals surface area (Å²) in [7, 11) is 0. The van der Waals surface area contributed by atoms with Crippen LogP contribution < -0.4 is 4.74 Å². The average Bonchev–Trinajstić information content (AvgIpc) is 2.73. The Kier molecular flexibility index (Phi) is 6.22. The van der Waals surface area contributed by atoms with Gasteiger partial charge in [0.1, 0.15) is 24.0 Å². The van der Waals surface area contributed by atoms with Gasteiger partial charge in [0.05, 0.1) is 0 Å². The number of allylic oxidation sites excluding steroid dienone is 1. The summed E-state index contributed by atoms with van der Waals surface area (Å²) in [5.41, 5.74) is 0.704. The lowest BCUT2D eigenvalue weighted by molar-refractivity contribution is 0.115. The summed E-state index contributed by atoms with van der Waals surface area (Å²) >= 11 is 0. The number of hydrogen-bond acceptors (Lipinski definition) is 1. The van der Waals surface area contributed by atoms with Crippen molar-refractivity contribution in [2.45, 2.75) is 64.7 Å². The summed E-state index contributed by atoms with van der Waals surface area (Å²) in [6, 6.07) is 6.41. The van der Waals surface area contributed by atoms with Gasteiger partial charge >= 0.3 is 0 Å². The van der Waals surface area contributed by atoms with E-state index in [2.05, 4.69) is 6.92 Å². The van der Waals surface area contributed by atoms with E-state index in [1.807, 2.05) is 19.1 Å². The second kappa shape index (κ2) is 8.85. The zero-order valence-electron chi connectivity index (χ0n) is 17.6. The summed E-state index contributed by atoms with van der Waals surface area (Å²) in [6.07, 6.45) is 12.2. The predicted molar refractivity (Wildman–Crippen MR) is 115 cm³/mol. The number of ether oxygens (including phenoxy) is 1. The summed E-state index contributed by atoms with van der Waals surface area (Å²) in [5, 5.41) is 1.07. The summed E-state index contributed by atoms with van der Waals surface area (Å²) < 4.78 is 35.4. The molecule has 156 valence electrons. The molecule has 0 N–H and O–H groups in total. The van der Waals surface area contributed by atoms with Crippen molar-refractivity contribution in [2.24, 2.45) is 17.8 Å². The van der Waals surface area contributed by atoms with Crippen molar-refractivity contribution < 1.29 is 13.5 Å². The molecule has 2 fully saturated rings. The van der Waals surface area contributed by atoms with Crippen molar-refractivity contribution in [1.82, 2.24) is 0 Å². The lowest BCUT2D eigenvalue weighted by Gasteiger charge is -2.42. The van der Waals surface area contributed by atoms with Gasteiger partial charge < -0.3 is 4.74 Å². The van der Waals surface area contributed by atoms with E-state index in [0.29, 0.717) is 34.6 Å². The van der Waals surface area contributed by atoms with Crippen molar-refractivity contribution in [2.75, 3.05) is 6.61 Å². The van der Waals surface area contributed by atoms with Gasteiger partial charge in [-0.1, -0.05) is 31.9 Å². The maximum Gasteiger partial charge on any atom is 0.134 e. The van der Waals surface area contributed by atoms with E-state index in [9.17, 15) is 4.39 Å². The molecule has 0 aliphatic heterocycles. The zero-order chi connectivity index (χ0) is 20.4. The van der Waals surface area contributed by atoms with Crippen LogP contribution in [0.15, 0.2) is 36.4 Å². The monoisotopic (exact) mass is 398 g/mol. The van der Waals surface area contributed by atoms with Crippen molar-refractivity contribution in [1.29, 1.82) is 0 Å². The lowest BCUT2D eigenvalue weighted by Crippen LogP contribution is -2.30. The van der Waals surface area contributed by atoms with Crippen LogP contribution in [0.5, 0.6) is 5.75 Å². The van der Waals surface area contributed by atoms with Crippen molar-refractivity contribution in [3.63, 3.8) is 0 Å². The third-order valence-corrected chi connectivity index (χ3v) is 7.31. The van der Waals surface area contributed by atoms with E-state index in [1.165, 1.54) is 44.2 Å². The molecule has 0 aromatic heterocycles. The van der Waals surface area contributed by atoms with Crippen LogP contribution in [0.25, 0.3) is 10.8 Å². The molecule has 2 aliphatic carbocycles. The van der Waals surface area contributed by atoms with E-state index in [1.54, 1.807) is 12.1 Å². The van der Waals surface area contributed by atoms with Crippen molar-refractivity contribution >= 4 is 10.8 Å². The van der Waals surface area contributed by atoms with Crippen LogP contribution in [-0.4, -0.2) is 6.61 Å². The molecule has 2 aliphatic rings. The molecule has 29 heavy (non-hydrogen) atoms. The minimum Gasteiger partial charge on any atom is -0.489 e. The Hall–Kier alpha value is -1.90. The second-order valence-corrected chi connectivity index (χ2v) is 9.00. The van der Waals surface area contributed by atoms with Crippen molar-refractivity contribution in [3.8, 4) is 5.75 Å². The Balaban J connectivity index is 1.56. The smallest absolute Gasteiger partial charge is 0.134 e.